The number of nitrogens with zero attached hydrogens (tertiary/aromatic N) is 3. The predicted molar refractivity (Wildman–Crippen MR) is 102 cm³/mol. The second-order valence-electron chi connectivity index (χ2n) is 6.67. The van der Waals surface area contributed by atoms with Crippen molar-refractivity contribution in [3.63, 3.8) is 0 Å². The average Bonchev–Trinajstić information content (AvgIpc) is 3.07. The van der Waals surface area contributed by atoms with E-state index < -0.39 is 0 Å². The first-order valence-corrected chi connectivity index (χ1v) is 8.38. The minimum Gasteiger partial charge on any atom is -0.398 e. The Kier molecular flexibility index (Phi) is 4.56. The largest absolute Gasteiger partial charge is 0.398 e. The Bertz CT molecular complexity index is 826. The molecule has 0 fully saturated rings. The molecule has 3 rings (SSSR count). The van der Waals surface area contributed by atoms with Gasteiger partial charge >= 0.3 is 0 Å². The number of nitrogens with one attached hydrogen (secondary N) is 4. The van der Waals surface area contributed by atoms with Gasteiger partial charge in [0, 0.05) is 35.4 Å². The summed E-state index contributed by atoms with van der Waals surface area (Å²) in [5.74, 6) is 0.555. The molecule has 0 radical (unpaired) electrons. The van der Waals surface area contributed by atoms with Crippen LogP contribution in [-0.2, 0) is 4.79 Å². The van der Waals surface area contributed by atoms with Gasteiger partial charge in [-0.3, -0.25) is 9.80 Å². The maximum absolute atomic E-state index is 12.8. The fraction of sp³-hybridized carbons (Fsp3) is 0.353. The zero-order chi connectivity index (χ0) is 19.0. The summed E-state index contributed by atoms with van der Waals surface area (Å²) in [5, 5.41) is 17.0. The smallest absolute Gasteiger partial charge is 0.255 e. The average molecular weight is 356 g/mol. The van der Waals surface area contributed by atoms with Crippen LogP contribution in [0.2, 0.25) is 0 Å². The monoisotopic (exact) mass is 356 g/mol. The lowest BCUT2D eigenvalue weighted by Crippen LogP contribution is -2.52. The number of nitrogen functional groups attached to an aromatic ring is 1. The van der Waals surface area contributed by atoms with E-state index in [1.807, 2.05) is 32.7 Å². The summed E-state index contributed by atoms with van der Waals surface area (Å²) >= 11 is 0. The Morgan fingerprint density at radius 3 is 2.85 bits per heavy atom. The quantitative estimate of drug-likeness (QED) is 0.406. The zero-order valence-corrected chi connectivity index (χ0v) is 15.3. The number of anilines is 2. The van der Waals surface area contributed by atoms with Crippen LogP contribution in [0.25, 0.3) is 0 Å². The molecule has 0 saturated heterocycles. The minimum absolute atomic E-state index is 0.0478. The summed E-state index contributed by atoms with van der Waals surface area (Å²) in [5.41, 5.74) is 15.2. The Labute approximate surface area is 152 Å². The molecule has 0 bridgehead atoms. The molecule has 138 valence electrons. The van der Waals surface area contributed by atoms with Gasteiger partial charge in [0.15, 0.2) is 0 Å². The van der Waals surface area contributed by atoms with Gasteiger partial charge in [-0.2, -0.15) is 0 Å². The van der Waals surface area contributed by atoms with Crippen molar-refractivity contribution in [1.29, 1.82) is 5.41 Å². The highest BCUT2D eigenvalue weighted by atomic mass is 16.1. The maximum Gasteiger partial charge on any atom is 0.255 e. The van der Waals surface area contributed by atoms with Crippen LogP contribution in [0, 0.1) is 11.3 Å². The molecule has 1 amide bonds. The third-order valence-corrected chi connectivity index (χ3v) is 4.59. The Balaban J connectivity index is 1.83. The first-order valence-electron chi connectivity index (χ1n) is 8.38. The first-order chi connectivity index (χ1) is 12.3. The van der Waals surface area contributed by atoms with E-state index in [2.05, 4.69) is 21.5 Å². The van der Waals surface area contributed by atoms with Crippen molar-refractivity contribution in [2.75, 3.05) is 24.6 Å². The van der Waals surface area contributed by atoms with Crippen molar-refractivity contribution in [2.45, 2.75) is 20.8 Å². The highest BCUT2D eigenvalue weighted by Gasteiger charge is 2.32. The number of hydrazine groups is 2. The molecule has 0 aliphatic carbocycles. The zero-order valence-electron chi connectivity index (χ0n) is 15.3. The number of rotatable bonds is 4. The summed E-state index contributed by atoms with van der Waals surface area (Å²) in [6.45, 7) is 6.15. The second kappa shape index (κ2) is 6.68. The van der Waals surface area contributed by atoms with Gasteiger partial charge in [-0.25, -0.2) is 5.53 Å². The van der Waals surface area contributed by atoms with E-state index in [-0.39, 0.29) is 11.8 Å². The highest BCUT2D eigenvalue weighted by molar-refractivity contribution is 6.08. The van der Waals surface area contributed by atoms with Crippen molar-refractivity contribution < 1.29 is 4.79 Å². The number of guanidine groups is 1. The van der Waals surface area contributed by atoms with Crippen LogP contribution in [0.3, 0.4) is 0 Å². The van der Waals surface area contributed by atoms with Gasteiger partial charge in [0.25, 0.3) is 5.91 Å². The lowest BCUT2D eigenvalue weighted by atomic mass is 9.98. The van der Waals surface area contributed by atoms with Crippen molar-refractivity contribution in [1.82, 2.24) is 21.0 Å². The van der Waals surface area contributed by atoms with E-state index >= 15 is 0 Å². The molecule has 2 aliphatic rings. The van der Waals surface area contributed by atoms with Gasteiger partial charge in [0.05, 0.1) is 12.1 Å². The van der Waals surface area contributed by atoms with Crippen LogP contribution in [0.5, 0.6) is 0 Å². The first kappa shape index (κ1) is 17.7. The van der Waals surface area contributed by atoms with Crippen LogP contribution < -0.4 is 22.1 Å². The lowest BCUT2D eigenvalue weighted by Gasteiger charge is -2.33. The molecule has 0 unspecified atom stereocenters. The van der Waals surface area contributed by atoms with E-state index in [0.29, 0.717) is 40.7 Å². The third kappa shape index (κ3) is 3.08. The molecule has 9 nitrogen and oxygen atoms in total. The SMILES string of the molecule is CC1=C(C(=O)Nc2ccc(N)c(C(=N)C(C)C)c2)CN2NNN=C2N1C. The molecular formula is C17H24N8O. The van der Waals surface area contributed by atoms with Crippen molar-refractivity contribution in [2.24, 2.45) is 11.0 Å². The molecule has 9 heteroatoms. The van der Waals surface area contributed by atoms with E-state index in [4.69, 9.17) is 11.1 Å². The summed E-state index contributed by atoms with van der Waals surface area (Å²) in [7, 11) is 1.85. The summed E-state index contributed by atoms with van der Waals surface area (Å²) < 4.78 is 0. The van der Waals surface area contributed by atoms with Gasteiger partial charge in [-0.15, -0.1) is 10.6 Å². The predicted octanol–water partition coefficient (Wildman–Crippen LogP) is 1.05. The van der Waals surface area contributed by atoms with Gasteiger partial charge in [-0.1, -0.05) is 13.8 Å². The molecule has 1 aromatic rings. The molecule has 2 heterocycles. The molecular weight excluding hydrogens is 332 g/mol. The number of nitrogens with two attached hydrogens (primary N) is 1. The molecule has 2 aliphatic heterocycles. The lowest BCUT2D eigenvalue weighted by molar-refractivity contribution is -0.113. The van der Waals surface area contributed by atoms with Gasteiger partial charge < -0.3 is 21.4 Å². The van der Waals surface area contributed by atoms with Gasteiger partial charge in [0.2, 0.25) is 5.96 Å². The van der Waals surface area contributed by atoms with Crippen molar-refractivity contribution in [3.05, 3.63) is 35.0 Å². The van der Waals surface area contributed by atoms with E-state index in [9.17, 15) is 4.79 Å². The standard InChI is InChI=1S/C17H24N8O/c1-9(2)15(19)12-7-11(5-6-14(12)18)20-16(26)13-8-25-17(21-22-23-25)24(4)10(13)3/h5-7,9,19,22-23H,8,18H2,1-4H3,(H,20,26). The number of carbonyl (C=O) groups is 1. The van der Waals surface area contributed by atoms with Crippen LogP contribution in [-0.4, -0.2) is 41.1 Å². The number of amides is 1. The van der Waals surface area contributed by atoms with E-state index in [0.717, 1.165) is 5.70 Å². The molecule has 0 saturated carbocycles. The fourth-order valence-electron chi connectivity index (χ4n) is 2.86. The fourth-order valence-corrected chi connectivity index (χ4v) is 2.86. The minimum atomic E-state index is -0.200. The molecule has 0 aromatic heterocycles. The van der Waals surface area contributed by atoms with E-state index in [1.165, 1.54) is 0 Å². The molecule has 1 aromatic carbocycles. The topological polar surface area (TPSA) is 122 Å². The number of carbonyl (C=O) groups excluding carboxylic acids is 1. The van der Waals surface area contributed by atoms with Crippen molar-refractivity contribution in [3.8, 4) is 0 Å². The van der Waals surface area contributed by atoms with Crippen LogP contribution >= 0.6 is 0 Å². The molecule has 0 atom stereocenters. The third-order valence-electron chi connectivity index (χ3n) is 4.59. The summed E-state index contributed by atoms with van der Waals surface area (Å²) in [4.78, 5) is 14.7. The number of allylic oxidation sites excluding steroid dienone is 1. The second-order valence-corrected chi connectivity index (χ2v) is 6.67. The van der Waals surface area contributed by atoms with Crippen LogP contribution in [0.1, 0.15) is 26.3 Å². The van der Waals surface area contributed by atoms with Gasteiger partial charge in [0.1, 0.15) is 0 Å². The van der Waals surface area contributed by atoms with Crippen LogP contribution in [0.15, 0.2) is 34.6 Å². The number of hydrazone groups is 1. The highest BCUT2D eigenvalue weighted by Crippen LogP contribution is 2.24. The summed E-state index contributed by atoms with van der Waals surface area (Å²) in [6.07, 6.45) is 0. The Hall–Kier alpha value is -3.07. The van der Waals surface area contributed by atoms with Crippen LogP contribution in [0.4, 0.5) is 11.4 Å². The maximum atomic E-state index is 12.8. The Morgan fingerprint density at radius 2 is 2.15 bits per heavy atom. The number of fused-ring (bicyclic) bond motifs is 1. The molecule has 26 heavy (non-hydrogen) atoms. The normalized spacial score (nSPS) is 16.4. The summed E-state index contributed by atoms with van der Waals surface area (Å²) in [6, 6.07) is 5.21. The van der Waals surface area contributed by atoms with Gasteiger partial charge in [-0.05, 0) is 31.0 Å². The Morgan fingerprint density at radius 1 is 1.42 bits per heavy atom. The van der Waals surface area contributed by atoms with Crippen molar-refractivity contribution >= 4 is 29.0 Å². The van der Waals surface area contributed by atoms with E-state index in [1.54, 1.807) is 23.2 Å². The number of benzene rings is 1. The molecule has 0 spiro atoms. The molecule has 6 N–H and O–H groups in total. The number of hydrogen-bond acceptors (Lipinski definition) is 8. The number of hydrogen-bond donors (Lipinski definition) is 5.